The Balaban J connectivity index is 1.71. The second kappa shape index (κ2) is 5.23. The van der Waals surface area contributed by atoms with Crippen molar-refractivity contribution < 1.29 is 0 Å². The third-order valence-electron chi connectivity index (χ3n) is 4.26. The number of aromatic nitrogens is 4. The molecule has 106 valence electrons. The highest BCUT2D eigenvalue weighted by atomic mass is 15.3. The topological polar surface area (TPSA) is 46.8 Å². The molecule has 0 radical (unpaired) electrons. The molecule has 5 heteroatoms. The van der Waals surface area contributed by atoms with E-state index >= 15 is 0 Å². The fourth-order valence-electron chi connectivity index (χ4n) is 2.88. The van der Waals surface area contributed by atoms with Gasteiger partial charge >= 0.3 is 0 Å². The van der Waals surface area contributed by atoms with Crippen LogP contribution in [0.25, 0.3) is 0 Å². The summed E-state index contributed by atoms with van der Waals surface area (Å²) in [6, 6.07) is 2.14. The SMILES string of the molecule is Cc1ncnc(N2CCC(c3ccn(C)n3)CC2)c1C. The van der Waals surface area contributed by atoms with Crippen molar-refractivity contribution in [3.63, 3.8) is 0 Å². The third-order valence-corrected chi connectivity index (χ3v) is 4.26. The summed E-state index contributed by atoms with van der Waals surface area (Å²) < 4.78 is 1.89. The number of aryl methyl sites for hydroxylation is 2. The first-order valence-electron chi connectivity index (χ1n) is 7.18. The number of hydrogen-bond acceptors (Lipinski definition) is 4. The van der Waals surface area contributed by atoms with E-state index in [4.69, 9.17) is 0 Å². The van der Waals surface area contributed by atoms with Crippen LogP contribution in [0.2, 0.25) is 0 Å². The molecule has 0 N–H and O–H groups in total. The fourth-order valence-corrected chi connectivity index (χ4v) is 2.88. The standard InChI is InChI=1S/C15H21N5/c1-11-12(2)16-10-17-15(11)20-8-4-13(5-9-20)14-6-7-19(3)18-14/h6-7,10,13H,4-5,8-9H2,1-3H3. The second-order valence-corrected chi connectivity index (χ2v) is 5.58. The van der Waals surface area contributed by atoms with E-state index in [0.717, 1.165) is 37.4 Å². The van der Waals surface area contributed by atoms with Crippen molar-refractivity contribution in [1.29, 1.82) is 0 Å². The summed E-state index contributed by atoms with van der Waals surface area (Å²) in [5.74, 6) is 1.67. The Labute approximate surface area is 119 Å². The first kappa shape index (κ1) is 13.1. The highest BCUT2D eigenvalue weighted by Gasteiger charge is 2.24. The van der Waals surface area contributed by atoms with E-state index < -0.39 is 0 Å². The zero-order chi connectivity index (χ0) is 14.1. The van der Waals surface area contributed by atoms with Crippen molar-refractivity contribution in [3.05, 3.63) is 35.5 Å². The van der Waals surface area contributed by atoms with Crippen LogP contribution in [-0.2, 0) is 7.05 Å². The van der Waals surface area contributed by atoms with E-state index in [-0.39, 0.29) is 0 Å². The summed E-state index contributed by atoms with van der Waals surface area (Å²) in [6.45, 7) is 6.23. The van der Waals surface area contributed by atoms with Crippen LogP contribution in [0.15, 0.2) is 18.6 Å². The molecule has 1 aliphatic rings. The van der Waals surface area contributed by atoms with Crippen molar-refractivity contribution >= 4 is 5.82 Å². The van der Waals surface area contributed by atoms with Crippen molar-refractivity contribution in [3.8, 4) is 0 Å². The van der Waals surface area contributed by atoms with E-state index in [1.807, 2.05) is 24.9 Å². The summed E-state index contributed by atoms with van der Waals surface area (Å²) in [5, 5.41) is 4.54. The Bertz CT molecular complexity index is 596. The summed E-state index contributed by atoms with van der Waals surface area (Å²) in [5.41, 5.74) is 3.49. The summed E-state index contributed by atoms with van der Waals surface area (Å²) in [4.78, 5) is 11.1. The number of hydrogen-bond donors (Lipinski definition) is 0. The van der Waals surface area contributed by atoms with Gasteiger partial charge in [-0.1, -0.05) is 0 Å². The lowest BCUT2D eigenvalue weighted by Crippen LogP contribution is -2.34. The van der Waals surface area contributed by atoms with Gasteiger partial charge in [0.25, 0.3) is 0 Å². The number of rotatable bonds is 2. The van der Waals surface area contributed by atoms with Crippen molar-refractivity contribution in [2.45, 2.75) is 32.6 Å². The quantitative estimate of drug-likeness (QED) is 0.840. The molecule has 0 saturated carbocycles. The Kier molecular flexibility index (Phi) is 3.42. The molecule has 0 bridgehead atoms. The molecule has 1 fully saturated rings. The van der Waals surface area contributed by atoms with Gasteiger partial charge in [0.1, 0.15) is 12.1 Å². The largest absolute Gasteiger partial charge is 0.356 e. The zero-order valence-corrected chi connectivity index (χ0v) is 12.4. The zero-order valence-electron chi connectivity index (χ0n) is 12.4. The van der Waals surface area contributed by atoms with Gasteiger partial charge in [-0.2, -0.15) is 5.10 Å². The maximum Gasteiger partial charge on any atom is 0.135 e. The van der Waals surface area contributed by atoms with Gasteiger partial charge in [-0.3, -0.25) is 4.68 Å². The van der Waals surface area contributed by atoms with Gasteiger partial charge in [-0.25, -0.2) is 9.97 Å². The molecule has 3 rings (SSSR count). The van der Waals surface area contributed by atoms with Crippen LogP contribution in [0, 0.1) is 13.8 Å². The minimum Gasteiger partial charge on any atom is -0.356 e. The number of piperidine rings is 1. The van der Waals surface area contributed by atoms with Gasteiger partial charge < -0.3 is 4.90 Å². The van der Waals surface area contributed by atoms with Crippen LogP contribution in [-0.4, -0.2) is 32.8 Å². The average molecular weight is 271 g/mol. The summed E-state index contributed by atoms with van der Waals surface area (Å²) >= 11 is 0. The molecule has 0 aliphatic carbocycles. The highest BCUT2D eigenvalue weighted by molar-refractivity contribution is 5.47. The highest BCUT2D eigenvalue weighted by Crippen LogP contribution is 2.30. The lowest BCUT2D eigenvalue weighted by molar-refractivity contribution is 0.488. The van der Waals surface area contributed by atoms with Gasteiger partial charge in [-0.05, 0) is 32.8 Å². The maximum atomic E-state index is 4.54. The second-order valence-electron chi connectivity index (χ2n) is 5.58. The fraction of sp³-hybridized carbons (Fsp3) is 0.533. The van der Waals surface area contributed by atoms with Crippen LogP contribution in [0.3, 0.4) is 0 Å². The smallest absolute Gasteiger partial charge is 0.135 e. The van der Waals surface area contributed by atoms with Crippen LogP contribution in [0.4, 0.5) is 5.82 Å². The van der Waals surface area contributed by atoms with Crippen LogP contribution >= 0.6 is 0 Å². The first-order valence-corrected chi connectivity index (χ1v) is 7.18. The first-order chi connectivity index (χ1) is 9.65. The molecular weight excluding hydrogens is 250 g/mol. The Morgan fingerprint density at radius 3 is 2.55 bits per heavy atom. The molecule has 1 aliphatic heterocycles. The summed E-state index contributed by atoms with van der Waals surface area (Å²) in [6.07, 6.45) is 5.97. The van der Waals surface area contributed by atoms with Crippen molar-refractivity contribution in [2.24, 2.45) is 7.05 Å². The minimum absolute atomic E-state index is 0.579. The van der Waals surface area contributed by atoms with Crippen molar-refractivity contribution in [2.75, 3.05) is 18.0 Å². The molecule has 3 heterocycles. The molecule has 5 nitrogen and oxygen atoms in total. The van der Waals surface area contributed by atoms with E-state index in [1.54, 1.807) is 6.33 Å². The number of anilines is 1. The normalized spacial score (nSPS) is 16.6. The van der Waals surface area contributed by atoms with Gasteiger partial charge in [0, 0.05) is 43.5 Å². The predicted octanol–water partition coefficient (Wildman–Crippen LogP) is 2.21. The van der Waals surface area contributed by atoms with Gasteiger partial charge in [0.05, 0.1) is 5.69 Å². The van der Waals surface area contributed by atoms with Gasteiger partial charge in [0.2, 0.25) is 0 Å². The maximum absolute atomic E-state index is 4.54. The molecule has 2 aromatic rings. The van der Waals surface area contributed by atoms with E-state index in [9.17, 15) is 0 Å². The molecule has 0 spiro atoms. The molecule has 0 atom stereocenters. The van der Waals surface area contributed by atoms with Gasteiger partial charge in [-0.15, -0.1) is 0 Å². The third kappa shape index (κ3) is 2.40. The van der Waals surface area contributed by atoms with Crippen LogP contribution < -0.4 is 4.90 Å². The molecular formula is C15H21N5. The average Bonchev–Trinajstić information content (AvgIpc) is 2.89. The molecule has 1 saturated heterocycles. The van der Waals surface area contributed by atoms with Crippen LogP contribution in [0.5, 0.6) is 0 Å². The monoisotopic (exact) mass is 271 g/mol. The lowest BCUT2D eigenvalue weighted by Gasteiger charge is -2.33. The molecule has 20 heavy (non-hydrogen) atoms. The molecule has 0 aromatic carbocycles. The number of nitrogens with zero attached hydrogens (tertiary/aromatic N) is 5. The summed E-state index contributed by atoms with van der Waals surface area (Å²) in [7, 11) is 1.98. The Hall–Kier alpha value is -1.91. The lowest BCUT2D eigenvalue weighted by atomic mass is 9.93. The van der Waals surface area contributed by atoms with E-state index in [0.29, 0.717) is 5.92 Å². The predicted molar refractivity (Wildman–Crippen MR) is 78.9 cm³/mol. The van der Waals surface area contributed by atoms with Gasteiger partial charge in [0.15, 0.2) is 0 Å². The molecule has 0 unspecified atom stereocenters. The van der Waals surface area contributed by atoms with E-state index in [1.165, 1.54) is 11.3 Å². The molecule has 2 aromatic heterocycles. The minimum atomic E-state index is 0.579. The molecule has 0 amide bonds. The van der Waals surface area contributed by atoms with E-state index in [2.05, 4.69) is 33.0 Å². The Morgan fingerprint density at radius 1 is 1.15 bits per heavy atom. The van der Waals surface area contributed by atoms with Crippen LogP contribution in [0.1, 0.15) is 35.7 Å². The Morgan fingerprint density at radius 2 is 1.90 bits per heavy atom. The van der Waals surface area contributed by atoms with Crippen molar-refractivity contribution in [1.82, 2.24) is 19.7 Å².